The summed E-state index contributed by atoms with van der Waals surface area (Å²) in [6.07, 6.45) is -1.42. The number of carboxylic acids is 1. The van der Waals surface area contributed by atoms with Crippen molar-refractivity contribution in [2.45, 2.75) is 50.2 Å². The number of carboxylic acid groups (broad SMARTS) is 1. The molecule has 2 N–H and O–H groups in total. The maximum atomic E-state index is 12.5. The third-order valence-electron chi connectivity index (χ3n) is 4.14. The molecule has 1 fully saturated rings. The number of hydrogen-bond donors (Lipinski definition) is 2. The maximum absolute atomic E-state index is 12.5. The first-order chi connectivity index (χ1) is 10.7. The summed E-state index contributed by atoms with van der Waals surface area (Å²) in [6, 6.07) is 4.29. The van der Waals surface area contributed by atoms with Crippen molar-refractivity contribution in [1.82, 2.24) is 5.32 Å². The summed E-state index contributed by atoms with van der Waals surface area (Å²) in [5.41, 5.74) is -1.62. The first-order valence-corrected chi connectivity index (χ1v) is 7.43. The van der Waals surface area contributed by atoms with Crippen LogP contribution in [0.2, 0.25) is 0 Å². The largest absolute Gasteiger partial charge is 0.480 e. The van der Waals surface area contributed by atoms with Gasteiger partial charge in [0.25, 0.3) is 0 Å². The molecule has 1 aromatic rings. The van der Waals surface area contributed by atoms with Gasteiger partial charge in [-0.25, -0.2) is 4.79 Å². The molecule has 7 heteroatoms. The van der Waals surface area contributed by atoms with Gasteiger partial charge < -0.3 is 10.4 Å². The lowest BCUT2D eigenvalue weighted by Gasteiger charge is -2.34. The second-order valence-corrected chi connectivity index (χ2v) is 5.87. The van der Waals surface area contributed by atoms with Gasteiger partial charge in [-0.05, 0) is 30.5 Å². The summed E-state index contributed by atoms with van der Waals surface area (Å²) in [4.78, 5) is 23.6. The minimum Gasteiger partial charge on any atom is -0.480 e. The predicted molar refractivity (Wildman–Crippen MR) is 76.7 cm³/mol. The molecule has 0 radical (unpaired) electrons. The van der Waals surface area contributed by atoms with Crippen molar-refractivity contribution in [1.29, 1.82) is 0 Å². The molecule has 1 aliphatic rings. The van der Waals surface area contributed by atoms with Gasteiger partial charge in [-0.3, -0.25) is 4.79 Å². The van der Waals surface area contributed by atoms with Crippen LogP contribution in [0.3, 0.4) is 0 Å². The van der Waals surface area contributed by atoms with Crippen LogP contribution in [0.1, 0.15) is 43.2 Å². The fraction of sp³-hybridized carbons (Fsp3) is 0.500. The summed E-state index contributed by atoms with van der Waals surface area (Å²) in [5.74, 6) is -1.55. The van der Waals surface area contributed by atoms with E-state index in [4.69, 9.17) is 0 Å². The van der Waals surface area contributed by atoms with E-state index >= 15 is 0 Å². The summed E-state index contributed by atoms with van der Waals surface area (Å²) >= 11 is 0. The number of carbonyl (C=O) groups excluding carboxylic acids is 1. The molecule has 23 heavy (non-hydrogen) atoms. The van der Waals surface area contributed by atoms with Crippen molar-refractivity contribution in [2.75, 3.05) is 0 Å². The van der Waals surface area contributed by atoms with Crippen LogP contribution in [0.5, 0.6) is 0 Å². The maximum Gasteiger partial charge on any atom is 0.416 e. The van der Waals surface area contributed by atoms with Crippen molar-refractivity contribution in [3.8, 4) is 0 Å². The smallest absolute Gasteiger partial charge is 0.416 e. The highest BCUT2D eigenvalue weighted by atomic mass is 19.4. The van der Waals surface area contributed by atoms with Gasteiger partial charge in [0.15, 0.2) is 0 Å². The van der Waals surface area contributed by atoms with Crippen molar-refractivity contribution in [2.24, 2.45) is 0 Å². The number of benzene rings is 1. The Balaban J connectivity index is 2.02. The highest BCUT2D eigenvalue weighted by molar-refractivity contribution is 5.88. The molecule has 0 aromatic heterocycles. The Morgan fingerprint density at radius 2 is 1.65 bits per heavy atom. The van der Waals surface area contributed by atoms with Gasteiger partial charge in [0.1, 0.15) is 5.54 Å². The van der Waals surface area contributed by atoms with Gasteiger partial charge in [-0.15, -0.1) is 0 Å². The van der Waals surface area contributed by atoms with E-state index in [2.05, 4.69) is 5.32 Å². The summed E-state index contributed by atoms with van der Waals surface area (Å²) in [7, 11) is 0. The van der Waals surface area contributed by atoms with Crippen LogP contribution >= 0.6 is 0 Å². The number of nitrogens with one attached hydrogen (secondary N) is 1. The molecule has 0 saturated heterocycles. The van der Waals surface area contributed by atoms with Gasteiger partial charge in [0.2, 0.25) is 5.91 Å². The zero-order valence-electron chi connectivity index (χ0n) is 12.4. The van der Waals surface area contributed by atoms with Crippen LogP contribution in [-0.2, 0) is 22.2 Å². The van der Waals surface area contributed by atoms with Crippen molar-refractivity contribution in [3.63, 3.8) is 0 Å². The highest BCUT2D eigenvalue weighted by Crippen LogP contribution is 2.30. The Morgan fingerprint density at radius 3 is 2.13 bits per heavy atom. The Hall–Kier alpha value is -2.05. The third kappa shape index (κ3) is 4.24. The highest BCUT2D eigenvalue weighted by Gasteiger charge is 2.40. The molecular weight excluding hydrogens is 311 g/mol. The van der Waals surface area contributed by atoms with Gasteiger partial charge in [0.05, 0.1) is 12.0 Å². The molecule has 1 aromatic carbocycles. The molecule has 0 heterocycles. The average molecular weight is 329 g/mol. The van der Waals surface area contributed by atoms with Crippen LogP contribution in [0.4, 0.5) is 13.2 Å². The van der Waals surface area contributed by atoms with Gasteiger partial charge in [-0.1, -0.05) is 31.4 Å². The minimum atomic E-state index is -4.42. The number of rotatable bonds is 4. The standard InChI is InChI=1S/C16H18F3NO3/c17-16(18,19)12-6-4-11(5-7-12)10-13(21)20-15(14(22)23)8-2-1-3-9-15/h4-7H,1-3,8-10H2,(H,20,21)(H,22,23). The number of amides is 1. The van der Waals surface area contributed by atoms with E-state index in [9.17, 15) is 27.9 Å². The SMILES string of the molecule is O=C(Cc1ccc(C(F)(F)F)cc1)NC1(C(=O)O)CCCCC1. The van der Waals surface area contributed by atoms with Crippen LogP contribution in [0.25, 0.3) is 0 Å². The van der Waals surface area contributed by atoms with Gasteiger partial charge in [-0.2, -0.15) is 13.2 Å². The van der Waals surface area contributed by atoms with Crippen molar-refractivity contribution < 1.29 is 27.9 Å². The summed E-state index contributed by atoms with van der Waals surface area (Å²) in [5, 5.41) is 12.0. The van der Waals surface area contributed by atoms with Gasteiger partial charge in [0, 0.05) is 0 Å². The fourth-order valence-electron chi connectivity index (χ4n) is 2.86. The Morgan fingerprint density at radius 1 is 1.09 bits per heavy atom. The predicted octanol–water partition coefficient (Wildman–Crippen LogP) is 3.15. The number of alkyl halides is 3. The minimum absolute atomic E-state index is 0.146. The summed E-state index contributed by atoms with van der Waals surface area (Å²) < 4.78 is 37.5. The topological polar surface area (TPSA) is 66.4 Å². The van der Waals surface area contributed by atoms with Gasteiger partial charge >= 0.3 is 12.1 Å². The van der Waals surface area contributed by atoms with E-state index in [0.717, 1.165) is 31.4 Å². The monoisotopic (exact) mass is 329 g/mol. The molecule has 1 amide bonds. The number of carbonyl (C=O) groups is 2. The molecule has 1 aliphatic carbocycles. The molecule has 0 atom stereocenters. The second-order valence-electron chi connectivity index (χ2n) is 5.87. The zero-order valence-corrected chi connectivity index (χ0v) is 12.4. The lowest BCUT2D eigenvalue weighted by molar-refractivity contribution is -0.149. The molecule has 0 bridgehead atoms. The lowest BCUT2D eigenvalue weighted by Crippen LogP contribution is -2.55. The lowest BCUT2D eigenvalue weighted by atomic mass is 9.81. The molecule has 126 valence electrons. The molecule has 1 saturated carbocycles. The van der Waals surface area contributed by atoms with E-state index in [0.29, 0.717) is 18.4 Å². The molecule has 0 aliphatic heterocycles. The molecule has 4 nitrogen and oxygen atoms in total. The molecule has 0 unspecified atom stereocenters. The van der Waals surface area contributed by atoms with Crippen molar-refractivity contribution in [3.05, 3.63) is 35.4 Å². The number of hydrogen-bond acceptors (Lipinski definition) is 2. The second kappa shape index (κ2) is 6.60. The van der Waals surface area contributed by atoms with E-state index in [1.165, 1.54) is 12.1 Å². The van der Waals surface area contributed by atoms with E-state index in [1.54, 1.807) is 0 Å². The first-order valence-electron chi connectivity index (χ1n) is 7.43. The van der Waals surface area contributed by atoms with Crippen LogP contribution in [-0.4, -0.2) is 22.5 Å². The quantitative estimate of drug-likeness (QED) is 0.892. The first kappa shape index (κ1) is 17.3. The van der Waals surface area contributed by atoms with Crippen LogP contribution < -0.4 is 5.32 Å². The Kier molecular flexibility index (Phi) is 4.97. The molecular formula is C16H18F3NO3. The van der Waals surface area contributed by atoms with Crippen molar-refractivity contribution >= 4 is 11.9 Å². The Labute approximate surface area is 131 Å². The number of halogens is 3. The normalized spacial score (nSPS) is 17.5. The van der Waals surface area contributed by atoms with E-state index in [1.807, 2.05) is 0 Å². The fourth-order valence-corrected chi connectivity index (χ4v) is 2.86. The van der Waals surface area contributed by atoms with Crippen LogP contribution in [0, 0.1) is 0 Å². The van der Waals surface area contributed by atoms with Crippen LogP contribution in [0.15, 0.2) is 24.3 Å². The average Bonchev–Trinajstić information content (AvgIpc) is 2.47. The zero-order chi connectivity index (χ0) is 17.1. The van der Waals surface area contributed by atoms with E-state index in [-0.39, 0.29) is 6.42 Å². The molecule has 2 rings (SSSR count). The number of aliphatic carboxylic acids is 1. The van der Waals surface area contributed by atoms with E-state index < -0.39 is 29.2 Å². The third-order valence-corrected chi connectivity index (χ3v) is 4.14. The molecule has 0 spiro atoms. The summed E-state index contributed by atoms with van der Waals surface area (Å²) in [6.45, 7) is 0. The Bertz CT molecular complexity index is 575.